The third-order valence-electron chi connectivity index (χ3n) is 1.45. The number of hydrogen-bond acceptors (Lipinski definition) is 4. The Kier molecular flexibility index (Phi) is 5.44. The van der Waals surface area contributed by atoms with Crippen molar-refractivity contribution in [1.29, 1.82) is 0 Å². The number of thiazole rings is 1. The number of ether oxygens (including phenoxy) is 1. The maximum Gasteiger partial charge on any atom is 0.183 e. The van der Waals surface area contributed by atoms with E-state index in [2.05, 4.69) is 40.1 Å². The molecule has 1 rings (SSSR count). The van der Waals surface area contributed by atoms with Crippen molar-refractivity contribution < 1.29 is 4.74 Å². The van der Waals surface area contributed by atoms with Crippen LogP contribution in [-0.2, 0) is 4.74 Å². The minimum absolute atomic E-state index is 0.601. The van der Waals surface area contributed by atoms with Gasteiger partial charge in [-0.1, -0.05) is 13.8 Å². The van der Waals surface area contributed by atoms with Gasteiger partial charge in [-0.2, -0.15) is 0 Å². The lowest BCUT2D eigenvalue weighted by molar-refractivity contribution is 0.118. The van der Waals surface area contributed by atoms with Crippen LogP contribution in [0.25, 0.3) is 0 Å². The predicted molar refractivity (Wildman–Crippen MR) is 64.0 cm³/mol. The third-order valence-corrected chi connectivity index (χ3v) is 2.96. The predicted octanol–water partition coefficient (Wildman–Crippen LogP) is 2.99. The smallest absolute Gasteiger partial charge is 0.183 e. The first-order valence-corrected chi connectivity index (χ1v) is 6.28. The summed E-state index contributed by atoms with van der Waals surface area (Å²) in [6.07, 6.45) is 0. The monoisotopic (exact) mass is 278 g/mol. The first-order valence-electron chi connectivity index (χ1n) is 4.61. The average molecular weight is 279 g/mol. The van der Waals surface area contributed by atoms with E-state index in [4.69, 9.17) is 4.74 Å². The summed E-state index contributed by atoms with van der Waals surface area (Å²) in [5.74, 6) is 0.601. The van der Waals surface area contributed by atoms with Gasteiger partial charge in [0.05, 0.1) is 6.61 Å². The van der Waals surface area contributed by atoms with Gasteiger partial charge >= 0.3 is 0 Å². The topological polar surface area (TPSA) is 34.1 Å². The van der Waals surface area contributed by atoms with Crippen molar-refractivity contribution in [2.24, 2.45) is 5.92 Å². The molecule has 0 aromatic carbocycles. The van der Waals surface area contributed by atoms with Gasteiger partial charge in [0.15, 0.2) is 5.13 Å². The van der Waals surface area contributed by atoms with Gasteiger partial charge in [0.25, 0.3) is 0 Å². The maximum atomic E-state index is 5.43. The van der Waals surface area contributed by atoms with Gasteiger partial charge in [-0.15, -0.1) is 11.3 Å². The summed E-state index contributed by atoms with van der Waals surface area (Å²) in [4.78, 5) is 4.21. The summed E-state index contributed by atoms with van der Waals surface area (Å²) < 4.78 is 6.31. The van der Waals surface area contributed by atoms with Crippen molar-refractivity contribution in [2.45, 2.75) is 13.8 Å². The van der Waals surface area contributed by atoms with Gasteiger partial charge < -0.3 is 10.1 Å². The summed E-state index contributed by atoms with van der Waals surface area (Å²) in [6, 6.07) is 0. The molecule has 0 aliphatic heterocycles. The van der Waals surface area contributed by atoms with Crippen LogP contribution in [0.1, 0.15) is 13.8 Å². The first kappa shape index (κ1) is 11.9. The van der Waals surface area contributed by atoms with Gasteiger partial charge in [-0.25, -0.2) is 4.98 Å². The molecule has 1 aromatic rings. The summed E-state index contributed by atoms with van der Waals surface area (Å²) >= 11 is 4.89. The highest BCUT2D eigenvalue weighted by Crippen LogP contribution is 2.18. The molecular weight excluding hydrogens is 264 g/mol. The lowest BCUT2D eigenvalue weighted by atomic mass is 10.2. The Morgan fingerprint density at radius 1 is 1.64 bits per heavy atom. The number of hydrogen-bond donors (Lipinski definition) is 1. The number of halogens is 1. The molecule has 3 nitrogen and oxygen atoms in total. The Bertz CT molecular complexity index is 265. The maximum absolute atomic E-state index is 5.43. The standard InChI is InChI=1S/C9H15BrN2OS/c1-7(2)5-13-4-3-11-9-12-8(10)6-14-9/h6-7H,3-5H2,1-2H3,(H,11,12). The Morgan fingerprint density at radius 3 is 3.00 bits per heavy atom. The molecule has 5 heteroatoms. The van der Waals surface area contributed by atoms with E-state index in [0.29, 0.717) is 5.92 Å². The fourth-order valence-corrected chi connectivity index (χ4v) is 2.06. The summed E-state index contributed by atoms with van der Waals surface area (Å²) in [5, 5.41) is 6.08. The Morgan fingerprint density at radius 2 is 2.43 bits per heavy atom. The summed E-state index contributed by atoms with van der Waals surface area (Å²) in [6.45, 7) is 6.65. The molecule has 0 saturated heterocycles. The zero-order valence-electron chi connectivity index (χ0n) is 8.42. The number of nitrogens with one attached hydrogen (secondary N) is 1. The molecule has 0 atom stereocenters. The van der Waals surface area contributed by atoms with Crippen LogP contribution in [0.4, 0.5) is 5.13 Å². The second-order valence-electron chi connectivity index (χ2n) is 3.37. The molecule has 14 heavy (non-hydrogen) atoms. The van der Waals surface area contributed by atoms with Gasteiger partial charge in [0.2, 0.25) is 0 Å². The largest absolute Gasteiger partial charge is 0.379 e. The number of anilines is 1. The van der Waals surface area contributed by atoms with Crippen LogP contribution in [-0.4, -0.2) is 24.7 Å². The van der Waals surface area contributed by atoms with Gasteiger partial charge in [-0.05, 0) is 21.8 Å². The molecular formula is C9H15BrN2OS. The van der Waals surface area contributed by atoms with Gasteiger partial charge in [0, 0.05) is 18.5 Å². The van der Waals surface area contributed by atoms with Crippen molar-refractivity contribution >= 4 is 32.4 Å². The van der Waals surface area contributed by atoms with E-state index >= 15 is 0 Å². The first-order chi connectivity index (χ1) is 6.68. The van der Waals surface area contributed by atoms with E-state index in [1.807, 2.05) is 5.38 Å². The SMILES string of the molecule is CC(C)COCCNc1nc(Br)cs1. The lowest BCUT2D eigenvalue weighted by Gasteiger charge is -2.06. The molecule has 0 spiro atoms. The summed E-state index contributed by atoms with van der Waals surface area (Å²) in [5.41, 5.74) is 0. The highest BCUT2D eigenvalue weighted by atomic mass is 79.9. The van der Waals surface area contributed by atoms with Crippen LogP contribution in [0, 0.1) is 5.92 Å². The molecule has 0 fully saturated rings. The molecule has 0 bridgehead atoms. The highest BCUT2D eigenvalue weighted by molar-refractivity contribution is 9.10. The quantitative estimate of drug-likeness (QED) is 0.813. The average Bonchev–Trinajstić information content (AvgIpc) is 2.50. The van der Waals surface area contributed by atoms with Crippen molar-refractivity contribution in [1.82, 2.24) is 4.98 Å². The summed E-state index contributed by atoms with van der Waals surface area (Å²) in [7, 11) is 0. The van der Waals surface area contributed by atoms with Crippen LogP contribution in [0.2, 0.25) is 0 Å². The molecule has 1 aromatic heterocycles. The molecule has 0 amide bonds. The molecule has 80 valence electrons. The van der Waals surface area contributed by atoms with Crippen LogP contribution in [0.5, 0.6) is 0 Å². The van der Waals surface area contributed by atoms with Gasteiger partial charge in [-0.3, -0.25) is 0 Å². The molecule has 0 unspecified atom stereocenters. The Balaban J connectivity index is 2.04. The van der Waals surface area contributed by atoms with E-state index in [0.717, 1.165) is 29.5 Å². The van der Waals surface area contributed by atoms with E-state index in [1.165, 1.54) is 0 Å². The minimum atomic E-state index is 0.601. The third kappa shape index (κ3) is 4.93. The number of aromatic nitrogens is 1. The number of nitrogens with zero attached hydrogens (tertiary/aromatic N) is 1. The van der Waals surface area contributed by atoms with E-state index in [9.17, 15) is 0 Å². The van der Waals surface area contributed by atoms with E-state index < -0.39 is 0 Å². The second kappa shape index (κ2) is 6.37. The molecule has 1 N–H and O–H groups in total. The molecule has 0 aliphatic carbocycles. The zero-order valence-corrected chi connectivity index (χ0v) is 10.8. The molecule has 0 saturated carbocycles. The minimum Gasteiger partial charge on any atom is -0.379 e. The lowest BCUT2D eigenvalue weighted by Crippen LogP contribution is -2.11. The van der Waals surface area contributed by atoms with Crippen molar-refractivity contribution in [2.75, 3.05) is 25.1 Å². The zero-order chi connectivity index (χ0) is 10.4. The second-order valence-corrected chi connectivity index (χ2v) is 5.04. The number of rotatable bonds is 6. The molecule has 1 heterocycles. The van der Waals surface area contributed by atoms with Crippen LogP contribution >= 0.6 is 27.3 Å². The highest BCUT2D eigenvalue weighted by Gasteiger charge is 1.98. The fraction of sp³-hybridized carbons (Fsp3) is 0.667. The fourth-order valence-electron chi connectivity index (χ4n) is 0.885. The van der Waals surface area contributed by atoms with Gasteiger partial charge in [0.1, 0.15) is 4.60 Å². The van der Waals surface area contributed by atoms with Crippen molar-refractivity contribution in [3.63, 3.8) is 0 Å². The molecule has 0 radical (unpaired) electrons. The van der Waals surface area contributed by atoms with Crippen LogP contribution in [0.15, 0.2) is 9.98 Å². The van der Waals surface area contributed by atoms with E-state index in [1.54, 1.807) is 11.3 Å². The normalized spacial score (nSPS) is 10.9. The molecule has 0 aliphatic rings. The van der Waals surface area contributed by atoms with E-state index in [-0.39, 0.29) is 0 Å². The van der Waals surface area contributed by atoms with Crippen LogP contribution in [0.3, 0.4) is 0 Å². The van der Waals surface area contributed by atoms with Crippen molar-refractivity contribution in [3.8, 4) is 0 Å². The Hall–Kier alpha value is -0.130. The van der Waals surface area contributed by atoms with Crippen LogP contribution < -0.4 is 5.32 Å². The van der Waals surface area contributed by atoms with Crippen molar-refractivity contribution in [3.05, 3.63) is 9.98 Å². The Labute approximate surface area is 97.0 Å².